The van der Waals surface area contributed by atoms with E-state index in [0.29, 0.717) is 0 Å². The van der Waals surface area contributed by atoms with Crippen LogP contribution >= 0.6 is 0 Å². The SMILES string of the molecule is Cn1cc(CCC(O)CCc2ccccc2)cn1. The third-order valence-electron chi connectivity index (χ3n) is 3.13. The molecule has 2 aromatic rings. The molecule has 1 N–H and O–H groups in total. The first-order valence-electron chi connectivity index (χ1n) is 6.43. The lowest BCUT2D eigenvalue weighted by atomic mass is 10.0. The van der Waals surface area contributed by atoms with E-state index in [1.807, 2.05) is 37.6 Å². The van der Waals surface area contributed by atoms with Gasteiger partial charge in [0.1, 0.15) is 0 Å². The van der Waals surface area contributed by atoms with Crippen molar-refractivity contribution >= 4 is 0 Å². The van der Waals surface area contributed by atoms with Crippen molar-refractivity contribution in [3.63, 3.8) is 0 Å². The van der Waals surface area contributed by atoms with Gasteiger partial charge in [-0.15, -0.1) is 0 Å². The van der Waals surface area contributed by atoms with E-state index >= 15 is 0 Å². The molecule has 18 heavy (non-hydrogen) atoms. The van der Waals surface area contributed by atoms with Crippen LogP contribution in [-0.2, 0) is 19.9 Å². The molecule has 0 aliphatic rings. The standard InChI is InChI=1S/C15H20N2O/c1-17-12-14(11-16-17)8-10-15(18)9-7-13-5-3-2-4-6-13/h2-6,11-12,15,18H,7-10H2,1H3. The molecule has 1 heterocycles. The first kappa shape index (κ1) is 12.8. The predicted molar refractivity (Wildman–Crippen MR) is 72.3 cm³/mol. The Hall–Kier alpha value is -1.61. The number of hydrogen-bond donors (Lipinski definition) is 1. The van der Waals surface area contributed by atoms with Crippen molar-refractivity contribution in [2.45, 2.75) is 31.8 Å². The minimum Gasteiger partial charge on any atom is -0.393 e. The van der Waals surface area contributed by atoms with Gasteiger partial charge >= 0.3 is 0 Å². The zero-order valence-corrected chi connectivity index (χ0v) is 10.8. The second-order valence-corrected chi connectivity index (χ2v) is 4.74. The van der Waals surface area contributed by atoms with Gasteiger partial charge in [-0.25, -0.2) is 0 Å². The summed E-state index contributed by atoms with van der Waals surface area (Å²) in [5, 5.41) is 14.1. The van der Waals surface area contributed by atoms with Crippen LogP contribution in [0, 0.1) is 0 Å². The quantitative estimate of drug-likeness (QED) is 0.847. The van der Waals surface area contributed by atoms with Gasteiger partial charge in [0.15, 0.2) is 0 Å². The molecule has 0 spiro atoms. The fraction of sp³-hybridized carbons (Fsp3) is 0.400. The minimum atomic E-state index is -0.231. The summed E-state index contributed by atoms with van der Waals surface area (Å²) in [6.45, 7) is 0. The average molecular weight is 244 g/mol. The number of aliphatic hydroxyl groups is 1. The number of aryl methyl sites for hydroxylation is 3. The highest BCUT2D eigenvalue weighted by Crippen LogP contribution is 2.10. The molecule has 96 valence electrons. The van der Waals surface area contributed by atoms with E-state index in [9.17, 15) is 5.11 Å². The van der Waals surface area contributed by atoms with Crippen molar-refractivity contribution in [1.82, 2.24) is 9.78 Å². The van der Waals surface area contributed by atoms with E-state index in [-0.39, 0.29) is 6.10 Å². The van der Waals surface area contributed by atoms with Gasteiger partial charge in [-0.05, 0) is 36.8 Å². The van der Waals surface area contributed by atoms with Crippen molar-refractivity contribution in [2.24, 2.45) is 7.05 Å². The van der Waals surface area contributed by atoms with Gasteiger partial charge in [0.25, 0.3) is 0 Å². The van der Waals surface area contributed by atoms with Crippen molar-refractivity contribution in [1.29, 1.82) is 0 Å². The molecule has 0 saturated carbocycles. The lowest BCUT2D eigenvalue weighted by Gasteiger charge is -2.09. The molecule has 0 fully saturated rings. The maximum atomic E-state index is 9.95. The highest BCUT2D eigenvalue weighted by atomic mass is 16.3. The van der Waals surface area contributed by atoms with Gasteiger partial charge < -0.3 is 5.11 Å². The molecule has 3 nitrogen and oxygen atoms in total. The monoisotopic (exact) mass is 244 g/mol. The normalized spacial score (nSPS) is 12.6. The zero-order chi connectivity index (χ0) is 12.8. The molecule has 1 unspecified atom stereocenters. The molecule has 0 aliphatic carbocycles. The van der Waals surface area contributed by atoms with Crippen LogP contribution < -0.4 is 0 Å². The molecule has 0 bridgehead atoms. The Labute approximate surface area is 108 Å². The number of hydrogen-bond acceptors (Lipinski definition) is 2. The first-order valence-corrected chi connectivity index (χ1v) is 6.43. The molecule has 0 radical (unpaired) electrons. The number of aromatic nitrogens is 2. The van der Waals surface area contributed by atoms with Gasteiger partial charge in [0.2, 0.25) is 0 Å². The maximum absolute atomic E-state index is 9.95. The zero-order valence-electron chi connectivity index (χ0n) is 10.8. The van der Waals surface area contributed by atoms with E-state index < -0.39 is 0 Å². The second-order valence-electron chi connectivity index (χ2n) is 4.74. The van der Waals surface area contributed by atoms with Gasteiger partial charge in [-0.1, -0.05) is 30.3 Å². The van der Waals surface area contributed by atoms with Crippen LogP contribution in [0.1, 0.15) is 24.0 Å². The van der Waals surface area contributed by atoms with E-state index in [0.717, 1.165) is 25.7 Å². The minimum absolute atomic E-state index is 0.231. The summed E-state index contributed by atoms with van der Waals surface area (Å²) >= 11 is 0. The van der Waals surface area contributed by atoms with Crippen molar-refractivity contribution in [2.75, 3.05) is 0 Å². The third-order valence-corrected chi connectivity index (χ3v) is 3.13. The van der Waals surface area contributed by atoms with Crippen LogP contribution in [0.4, 0.5) is 0 Å². The highest BCUT2D eigenvalue weighted by Gasteiger charge is 2.06. The summed E-state index contributed by atoms with van der Waals surface area (Å²) in [6, 6.07) is 10.3. The Morgan fingerprint density at radius 2 is 1.78 bits per heavy atom. The summed E-state index contributed by atoms with van der Waals surface area (Å²) in [5.74, 6) is 0. The molecule has 2 rings (SSSR count). The molecule has 3 heteroatoms. The molecule has 0 aliphatic heterocycles. The first-order chi connectivity index (χ1) is 8.74. The smallest absolute Gasteiger partial charge is 0.0546 e. The van der Waals surface area contributed by atoms with Crippen molar-refractivity contribution < 1.29 is 5.11 Å². The van der Waals surface area contributed by atoms with Crippen LogP contribution in [0.2, 0.25) is 0 Å². The van der Waals surface area contributed by atoms with Crippen molar-refractivity contribution in [3.05, 3.63) is 53.9 Å². The number of benzene rings is 1. The van der Waals surface area contributed by atoms with E-state index in [4.69, 9.17) is 0 Å². The topological polar surface area (TPSA) is 38.0 Å². The number of aliphatic hydroxyl groups excluding tert-OH is 1. The average Bonchev–Trinajstić information content (AvgIpc) is 2.81. The molecule has 0 amide bonds. The Morgan fingerprint density at radius 3 is 2.39 bits per heavy atom. The predicted octanol–water partition coefficient (Wildman–Crippen LogP) is 2.35. The lowest BCUT2D eigenvalue weighted by Crippen LogP contribution is -2.09. The fourth-order valence-electron chi connectivity index (χ4n) is 2.06. The Morgan fingerprint density at radius 1 is 1.11 bits per heavy atom. The van der Waals surface area contributed by atoms with Crippen LogP contribution in [-0.4, -0.2) is 21.0 Å². The molecule has 1 atom stereocenters. The molecule has 0 saturated heterocycles. The maximum Gasteiger partial charge on any atom is 0.0546 e. The fourth-order valence-corrected chi connectivity index (χ4v) is 2.06. The van der Waals surface area contributed by atoms with Crippen molar-refractivity contribution in [3.8, 4) is 0 Å². The van der Waals surface area contributed by atoms with Crippen LogP contribution in [0.25, 0.3) is 0 Å². The van der Waals surface area contributed by atoms with E-state index in [1.165, 1.54) is 11.1 Å². The van der Waals surface area contributed by atoms with Gasteiger partial charge in [-0.2, -0.15) is 5.10 Å². The summed E-state index contributed by atoms with van der Waals surface area (Å²) < 4.78 is 1.80. The van der Waals surface area contributed by atoms with Gasteiger partial charge in [0, 0.05) is 13.2 Å². The van der Waals surface area contributed by atoms with Crippen LogP contribution in [0.5, 0.6) is 0 Å². The summed E-state index contributed by atoms with van der Waals surface area (Å²) in [5.41, 5.74) is 2.48. The van der Waals surface area contributed by atoms with Gasteiger partial charge in [0.05, 0.1) is 12.3 Å². The largest absolute Gasteiger partial charge is 0.393 e. The van der Waals surface area contributed by atoms with Gasteiger partial charge in [-0.3, -0.25) is 4.68 Å². The number of nitrogens with zero attached hydrogens (tertiary/aromatic N) is 2. The Bertz CT molecular complexity index is 464. The molecular weight excluding hydrogens is 224 g/mol. The molecule has 1 aromatic heterocycles. The Kier molecular flexibility index (Phi) is 4.53. The number of rotatable bonds is 6. The summed E-state index contributed by atoms with van der Waals surface area (Å²) in [6.07, 6.45) is 7.10. The van der Waals surface area contributed by atoms with E-state index in [1.54, 1.807) is 4.68 Å². The van der Waals surface area contributed by atoms with Crippen LogP contribution in [0.15, 0.2) is 42.7 Å². The third kappa shape index (κ3) is 4.00. The highest BCUT2D eigenvalue weighted by molar-refractivity contribution is 5.14. The summed E-state index contributed by atoms with van der Waals surface area (Å²) in [7, 11) is 1.91. The Balaban J connectivity index is 1.71. The summed E-state index contributed by atoms with van der Waals surface area (Å²) in [4.78, 5) is 0. The van der Waals surface area contributed by atoms with Crippen LogP contribution in [0.3, 0.4) is 0 Å². The lowest BCUT2D eigenvalue weighted by molar-refractivity contribution is 0.155. The second kappa shape index (κ2) is 6.36. The molecular formula is C15H20N2O. The molecule has 1 aromatic carbocycles. The van der Waals surface area contributed by atoms with E-state index in [2.05, 4.69) is 17.2 Å².